The molecule has 2 aliphatic rings. The summed E-state index contributed by atoms with van der Waals surface area (Å²) < 4.78 is 8.30. The molecule has 2 fully saturated rings. The highest BCUT2D eigenvalue weighted by atomic mass is 32.1. The van der Waals surface area contributed by atoms with Gasteiger partial charge in [-0.1, -0.05) is 19.3 Å². The molecule has 2 heterocycles. The Labute approximate surface area is 224 Å². The highest BCUT2D eigenvalue weighted by molar-refractivity contribution is 7.13. The first-order valence-electron chi connectivity index (χ1n) is 13.8. The van der Waals surface area contributed by atoms with Crippen LogP contribution in [0.1, 0.15) is 87.2 Å². The van der Waals surface area contributed by atoms with Crippen LogP contribution in [0.3, 0.4) is 0 Å². The molecule has 4 atom stereocenters. The molecule has 0 radical (unpaired) electrons. The molecule has 0 aromatic carbocycles. The second kappa shape index (κ2) is 13.0. The van der Waals surface area contributed by atoms with E-state index in [-0.39, 0.29) is 17.5 Å². The fourth-order valence-corrected chi connectivity index (χ4v) is 6.35. The fraction of sp³-hybridized carbons (Fsp3) is 0.731. The zero-order valence-electron chi connectivity index (χ0n) is 22.9. The normalized spacial score (nSPS) is 22.4. The van der Waals surface area contributed by atoms with Crippen molar-refractivity contribution in [2.75, 3.05) is 19.6 Å². The van der Waals surface area contributed by atoms with Crippen molar-refractivity contribution in [3.8, 4) is 0 Å². The number of carbonyl (C=O) groups excluding carboxylic acids is 3. The maximum absolute atomic E-state index is 14.0. The lowest BCUT2D eigenvalue weighted by atomic mass is 9.81. The van der Waals surface area contributed by atoms with Crippen LogP contribution in [0.5, 0.6) is 0 Å². The Balaban J connectivity index is 1.88. The summed E-state index contributed by atoms with van der Waals surface area (Å²) >= 11 is 1.18. The number of ketones is 2. The number of likely N-dealkylation sites (tertiary alicyclic amines) is 1. The lowest BCUT2D eigenvalue weighted by Crippen LogP contribution is -2.62. The van der Waals surface area contributed by atoms with E-state index in [1.807, 2.05) is 6.92 Å². The van der Waals surface area contributed by atoms with E-state index in [4.69, 9.17) is 12.8 Å². The predicted octanol–water partition coefficient (Wildman–Crippen LogP) is 2.13. The molecule has 0 bridgehead atoms. The number of Topliss-reactive ketones (excluding diaryl/α,β-unsaturated/α-hetero) is 2. The van der Waals surface area contributed by atoms with Crippen molar-refractivity contribution in [1.29, 1.82) is 0 Å². The summed E-state index contributed by atoms with van der Waals surface area (Å²) in [7, 11) is 0. The monoisotopic (exact) mass is 536 g/mol. The molecular weight excluding hydrogens is 494 g/mol. The summed E-state index contributed by atoms with van der Waals surface area (Å²) in [5.41, 5.74) is 10.4. The average molecular weight is 537 g/mol. The van der Waals surface area contributed by atoms with Crippen LogP contribution < -0.4 is 11.5 Å². The number of nitrogens with two attached hydrogens (primary N) is 2. The Hall–Kier alpha value is -2.21. The lowest BCUT2D eigenvalue weighted by molar-refractivity contribution is -0.147. The lowest BCUT2D eigenvalue weighted by Gasteiger charge is -2.39. The quantitative estimate of drug-likeness (QED) is 0.195. The molecule has 1 amide bonds. The molecule has 206 valence electrons. The molecule has 37 heavy (non-hydrogen) atoms. The topological polar surface area (TPSA) is 160 Å². The predicted molar refractivity (Wildman–Crippen MR) is 141 cm³/mol. The van der Waals surface area contributed by atoms with E-state index in [1.54, 1.807) is 13.1 Å². The molecule has 1 saturated carbocycles. The van der Waals surface area contributed by atoms with E-state index in [0.29, 0.717) is 38.8 Å². The van der Waals surface area contributed by atoms with Crippen LogP contribution in [0.2, 0.25) is 0 Å². The molecule has 1 aromatic rings. The highest BCUT2D eigenvalue weighted by Gasteiger charge is 2.50. The van der Waals surface area contributed by atoms with E-state index >= 15 is 0 Å². The molecule has 5 N–H and O–H groups in total. The molecule has 0 spiro atoms. The summed E-state index contributed by atoms with van der Waals surface area (Å²) in [6, 6.07) is -2.01. The molecule has 1 saturated heterocycles. The molecule has 1 unspecified atom stereocenters. The Morgan fingerprint density at radius 3 is 2.54 bits per heavy atom. The number of carbonyl (C=O) groups is 4. The van der Waals surface area contributed by atoms with Gasteiger partial charge in [-0.2, -0.15) is 0 Å². The van der Waals surface area contributed by atoms with Crippen LogP contribution in [0.4, 0.5) is 0 Å². The second-order valence-corrected chi connectivity index (χ2v) is 11.5. The van der Waals surface area contributed by atoms with Gasteiger partial charge >= 0.3 is 5.97 Å². The van der Waals surface area contributed by atoms with Crippen molar-refractivity contribution >= 4 is 34.8 Å². The van der Waals surface area contributed by atoms with E-state index < -0.39 is 47.6 Å². The zero-order valence-corrected chi connectivity index (χ0v) is 22.7. The van der Waals surface area contributed by atoms with Crippen molar-refractivity contribution in [3.05, 3.63) is 16.1 Å². The van der Waals surface area contributed by atoms with Gasteiger partial charge in [0, 0.05) is 23.7 Å². The van der Waals surface area contributed by atoms with Gasteiger partial charge in [-0.05, 0) is 65.3 Å². The van der Waals surface area contributed by atoms with Gasteiger partial charge in [-0.25, -0.2) is 4.98 Å². The molecule has 1 aliphatic carbocycles. The number of carboxylic acids is 1. The Bertz CT molecular complexity index is 1020. The average Bonchev–Trinajstić information content (AvgIpc) is 3.57. The number of aryl methyl sites for hydroxylation is 1. The smallest absolute Gasteiger partial charge is 0.317 e. The van der Waals surface area contributed by atoms with E-state index in [0.717, 1.165) is 37.0 Å². The third kappa shape index (κ3) is 6.81. The molecular formula is C26H41N5O5S. The van der Waals surface area contributed by atoms with Crippen LogP contribution in [0.15, 0.2) is 6.20 Å². The third-order valence-electron chi connectivity index (χ3n) is 7.58. The number of amides is 1. The number of rotatable bonds is 13. The largest absolute Gasteiger partial charge is 0.480 e. The van der Waals surface area contributed by atoms with E-state index in [9.17, 15) is 24.3 Å². The third-order valence-corrected chi connectivity index (χ3v) is 8.50. The Kier molecular flexibility index (Phi) is 9.80. The molecule has 1 aromatic heterocycles. The van der Waals surface area contributed by atoms with Crippen LogP contribution in [0.25, 0.3) is 0 Å². The number of unbranched alkanes of at least 4 members (excludes halogenated alkanes) is 1. The van der Waals surface area contributed by atoms with Gasteiger partial charge < -0.3 is 21.5 Å². The first kappa shape index (κ1) is 27.8. The maximum Gasteiger partial charge on any atom is 0.317 e. The van der Waals surface area contributed by atoms with Crippen molar-refractivity contribution in [1.82, 2.24) is 14.8 Å². The fourth-order valence-electron chi connectivity index (χ4n) is 5.56. The standard InChI is InChI=1S/C26H41N5O5S/c1-17-15-29-24(37-17)23(35)26(28,12-6-7-13-27)22(34)20-11-8-14-30(20)25(36)18(2)31(16-21(32)33)19-9-4-3-5-10-19/h15,18-20H,3-14,16,27-28H2,1-2H3,(H,32,33)/t18-,20-,26+/m0/s1/i16D/t16?,18-,20-,26+. The molecule has 11 heteroatoms. The minimum Gasteiger partial charge on any atom is -0.480 e. The van der Waals surface area contributed by atoms with Crippen LogP contribution in [0, 0.1) is 6.92 Å². The Morgan fingerprint density at radius 2 is 1.95 bits per heavy atom. The summed E-state index contributed by atoms with van der Waals surface area (Å²) in [5.74, 6) is -2.79. The number of hydrogen-bond acceptors (Lipinski definition) is 9. The first-order valence-corrected chi connectivity index (χ1v) is 14.1. The van der Waals surface area contributed by atoms with Gasteiger partial charge in [-0.15, -0.1) is 11.3 Å². The van der Waals surface area contributed by atoms with Crippen LogP contribution in [-0.4, -0.2) is 86.6 Å². The van der Waals surface area contributed by atoms with Gasteiger partial charge in [0.15, 0.2) is 10.8 Å². The maximum atomic E-state index is 14.0. The molecule has 1 aliphatic heterocycles. The van der Waals surface area contributed by atoms with Crippen LogP contribution >= 0.6 is 11.3 Å². The summed E-state index contributed by atoms with van der Waals surface area (Å²) in [4.78, 5) is 61.0. The number of carboxylic acid groups (broad SMARTS) is 1. The number of aromatic nitrogens is 1. The highest BCUT2D eigenvalue weighted by Crippen LogP contribution is 2.30. The minimum absolute atomic E-state index is 0.0938. The summed E-state index contributed by atoms with van der Waals surface area (Å²) in [6.45, 7) is 2.54. The first-order chi connectivity index (χ1) is 18.0. The molecule has 10 nitrogen and oxygen atoms in total. The number of aliphatic carboxylic acids is 1. The Morgan fingerprint density at radius 1 is 1.24 bits per heavy atom. The van der Waals surface area contributed by atoms with Crippen molar-refractivity contribution in [2.24, 2.45) is 11.5 Å². The second-order valence-electron chi connectivity index (χ2n) is 10.3. The summed E-state index contributed by atoms with van der Waals surface area (Å²) in [6.07, 6.45) is 7.96. The van der Waals surface area contributed by atoms with Gasteiger partial charge in [0.1, 0.15) is 5.54 Å². The van der Waals surface area contributed by atoms with Gasteiger partial charge in [0.2, 0.25) is 11.7 Å². The van der Waals surface area contributed by atoms with Gasteiger partial charge in [-0.3, -0.25) is 24.1 Å². The number of nitrogens with zero attached hydrogens (tertiary/aromatic N) is 3. The zero-order chi connectivity index (χ0) is 28.0. The SMILES string of the molecule is [2H]C(C(=O)O)N(C1CCCCC1)[C@@H](C)C(=O)N1CCC[C@H]1C(=O)[C@](N)(CCCCN)C(=O)c1ncc(C)s1. The van der Waals surface area contributed by atoms with Gasteiger partial charge in [0.05, 0.1) is 20.0 Å². The van der Waals surface area contributed by atoms with Crippen molar-refractivity contribution in [2.45, 2.75) is 102 Å². The van der Waals surface area contributed by atoms with Crippen LogP contribution in [-0.2, 0) is 14.4 Å². The number of hydrogen-bond donors (Lipinski definition) is 3. The van der Waals surface area contributed by atoms with E-state index in [1.165, 1.54) is 21.1 Å². The van der Waals surface area contributed by atoms with E-state index in [2.05, 4.69) is 4.98 Å². The van der Waals surface area contributed by atoms with Gasteiger partial charge in [0.25, 0.3) is 0 Å². The van der Waals surface area contributed by atoms with Crippen molar-refractivity contribution in [3.63, 3.8) is 0 Å². The van der Waals surface area contributed by atoms with Crippen molar-refractivity contribution < 1.29 is 25.7 Å². The summed E-state index contributed by atoms with van der Waals surface area (Å²) in [5, 5.41) is 9.79. The number of thiazole rings is 1. The minimum atomic E-state index is -1.85. The molecule has 3 rings (SSSR count).